The Labute approximate surface area is 254 Å². The molecule has 4 aromatic heterocycles. The fraction of sp³-hybridized carbons (Fsp3) is 0.235. The fourth-order valence-electron chi connectivity index (χ4n) is 5.57. The minimum absolute atomic E-state index is 0.307. The largest absolute Gasteiger partial charge is 0.384 e. The van der Waals surface area contributed by atoms with Crippen LogP contribution in [0.15, 0.2) is 79.3 Å². The molecule has 2 aromatic carbocycles. The van der Waals surface area contributed by atoms with Crippen LogP contribution >= 0.6 is 0 Å². The van der Waals surface area contributed by atoms with Gasteiger partial charge in [0.2, 0.25) is 0 Å². The Morgan fingerprint density at radius 3 is 2.66 bits per heavy atom. The molecule has 0 amide bonds. The van der Waals surface area contributed by atoms with Crippen molar-refractivity contribution < 1.29 is 4.39 Å². The van der Waals surface area contributed by atoms with Crippen LogP contribution in [-0.2, 0) is 0 Å². The van der Waals surface area contributed by atoms with Crippen LogP contribution < -0.4 is 10.6 Å². The predicted molar refractivity (Wildman–Crippen MR) is 175 cm³/mol. The first-order valence-corrected chi connectivity index (χ1v) is 14.9. The molecule has 4 heterocycles. The molecule has 0 unspecified atom stereocenters. The molecule has 0 radical (unpaired) electrons. The first-order chi connectivity index (χ1) is 21.4. The van der Waals surface area contributed by atoms with Crippen LogP contribution in [0.2, 0.25) is 0 Å². The lowest BCUT2D eigenvalue weighted by atomic mass is 9.83. The van der Waals surface area contributed by atoms with Crippen molar-refractivity contribution in [1.82, 2.24) is 35.0 Å². The zero-order valence-electron chi connectivity index (χ0n) is 24.8. The van der Waals surface area contributed by atoms with Gasteiger partial charge >= 0.3 is 0 Å². The van der Waals surface area contributed by atoms with Crippen LogP contribution in [0, 0.1) is 11.7 Å². The quantitative estimate of drug-likeness (QED) is 0.136. The second kappa shape index (κ2) is 11.5. The predicted octanol–water partition coefficient (Wildman–Crippen LogP) is 7.07. The average Bonchev–Trinajstić information content (AvgIpc) is 3.59. The molecule has 1 aliphatic carbocycles. The maximum absolute atomic E-state index is 14.7. The van der Waals surface area contributed by atoms with Gasteiger partial charge in [0.1, 0.15) is 11.3 Å². The van der Waals surface area contributed by atoms with E-state index in [1.165, 1.54) is 31.4 Å². The zero-order valence-corrected chi connectivity index (χ0v) is 24.8. The normalized spacial score (nSPS) is 13.5. The van der Waals surface area contributed by atoms with Gasteiger partial charge in [0.05, 0.1) is 34.1 Å². The summed E-state index contributed by atoms with van der Waals surface area (Å²) in [6, 6.07) is 16.8. The topological polar surface area (TPSA) is 110 Å². The van der Waals surface area contributed by atoms with E-state index in [9.17, 15) is 4.39 Å². The monoisotopic (exact) mass is 587 g/mol. The summed E-state index contributed by atoms with van der Waals surface area (Å²) in [7, 11) is 4.02. The molecule has 10 heteroatoms. The van der Waals surface area contributed by atoms with Crippen molar-refractivity contribution in [2.75, 3.05) is 37.8 Å². The molecule has 1 fully saturated rings. The highest BCUT2D eigenvalue weighted by atomic mass is 19.1. The van der Waals surface area contributed by atoms with Gasteiger partial charge in [-0.3, -0.25) is 10.1 Å². The number of aromatic nitrogens is 6. The van der Waals surface area contributed by atoms with Gasteiger partial charge in [-0.05, 0) is 80.9 Å². The van der Waals surface area contributed by atoms with Gasteiger partial charge in [0.15, 0.2) is 11.5 Å². The smallest absolute Gasteiger partial charge is 0.161 e. The number of H-pyrrole nitrogens is 2. The zero-order chi connectivity index (χ0) is 30.2. The van der Waals surface area contributed by atoms with Crippen molar-refractivity contribution in [3.63, 3.8) is 0 Å². The maximum atomic E-state index is 14.7. The Bertz CT molecular complexity index is 1990. The van der Waals surface area contributed by atoms with E-state index in [0.29, 0.717) is 29.5 Å². The van der Waals surface area contributed by atoms with Crippen LogP contribution in [0.1, 0.15) is 19.3 Å². The highest BCUT2D eigenvalue weighted by molar-refractivity contribution is 5.96. The summed E-state index contributed by atoms with van der Waals surface area (Å²) in [5.41, 5.74) is 9.54. The lowest BCUT2D eigenvalue weighted by molar-refractivity contribution is 0.371. The van der Waals surface area contributed by atoms with E-state index in [1.54, 1.807) is 6.20 Å². The van der Waals surface area contributed by atoms with Gasteiger partial charge in [-0.1, -0.05) is 25.1 Å². The van der Waals surface area contributed by atoms with Crippen LogP contribution in [0.5, 0.6) is 0 Å². The number of nitrogens with one attached hydrogen (secondary N) is 4. The number of nitrogens with zero attached hydrogens (tertiary/aromatic N) is 5. The van der Waals surface area contributed by atoms with Crippen LogP contribution in [0.4, 0.5) is 15.8 Å². The molecule has 1 aliphatic rings. The lowest BCUT2D eigenvalue weighted by Gasteiger charge is -2.28. The second-order valence-corrected chi connectivity index (χ2v) is 11.7. The van der Waals surface area contributed by atoms with Crippen molar-refractivity contribution in [2.45, 2.75) is 19.3 Å². The highest BCUT2D eigenvalue weighted by Gasteiger charge is 2.21. The molecule has 44 heavy (non-hydrogen) atoms. The Kier molecular flexibility index (Phi) is 7.27. The Morgan fingerprint density at radius 1 is 0.977 bits per heavy atom. The molecule has 1 saturated carbocycles. The van der Waals surface area contributed by atoms with Crippen molar-refractivity contribution >= 4 is 33.4 Å². The van der Waals surface area contributed by atoms with E-state index in [-0.39, 0.29) is 5.82 Å². The van der Waals surface area contributed by atoms with Gasteiger partial charge in [-0.2, -0.15) is 5.10 Å². The Balaban J connectivity index is 1.21. The summed E-state index contributed by atoms with van der Waals surface area (Å²) in [5, 5.41) is 14.4. The van der Waals surface area contributed by atoms with Crippen molar-refractivity contribution in [3.8, 4) is 33.9 Å². The number of hydrogen-bond acceptors (Lipinski definition) is 7. The summed E-state index contributed by atoms with van der Waals surface area (Å²) >= 11 is 0. The van der Waals surface area contributed by atoms with Gasteiger partial charge in [-0.15, -0.1) is 0 Å². The number of rotatable bonds is 10. The molecule has 7 rings (SSSR count). The van der Waals surface area contributed by atoms with E-state index in [0.717, 1.165) is 62.6 Å². The number of para-hydroxylation sites is 1. The number of hydrogen-bond donors (Lipinski definition) is 4. The minimum Gasteiger partial charge on any atom is -0.384 e. The van der Waals surface area contributed by atoms with E-state index in [4.69, 9.17) is 9.97 Å². The molecule has 222 valence electrons. The number of fused-ring (bicyclic) bond motifs is 2. The third-order valence-corrected chi connectivity index (χ3v) is 8.18. The molecular weight excluding hydrogens is 553 g/mol. The standard InChI is InChI=1S/C34H34FN9/c1-20(21-6-4-7-21)38-26-16-23(18-36-19-26)28-10-11-30-32(39-28)33(43-42-30)34-40-29-9-5-8-27(31(29)41-34)22-14-24(35)17-25(15-22)37-12-13-44(2)3/h5,8-11,14-19,21,37-38H,1,4,6-7,12-13H2,2-3H3,(H,40,41)(H,42,43). The molecule has 0 spiro atoms. The number of imidazole rings is 1. The number of allylic oxidation sites excluding steroid dienone is 1. The molecule has 0 atom stereocenters. The first kappa shape index (κ1) is 27.7. The number of likely N-dealkylation sites (N-methyl/N-ethyl adjacent to an activating group) is 1. The van der Waals surface area contributed by atoms with Gasteiger partial charge in [0, 0.05) is 41.8 Å². The third kappa shape index (κ3) is 5.51. The Hall–Kier alpha value is -5.09. The van der Waals surface area contributed by atoms with Gasteiger partial charge in [-0.25, -0.2) is 14.4 Å². The first-order valence-electron chi connectivity index (χ1n) is 14.9. The molecule has 4 N–H and O–H groups in total. The lowest BCUT2D eigenvalue weighted by Crippen LogP contribution is -2.20. The number of benzene rings is 2. The molecule has 0 saturated heterocycles. The van der Waals surface area contributed by atoms with Crippen molar-refractivity contribution in [3.05, 3.63) is 85.1 Å². The van der Waals surface area contributed by atoms with E-state index < -0.39 is 0 Å². The number of aromatic amines is 2. The third-order valence-electron chi connectivity index (χ3n) is 8.18. The number of pyridine rings is 2. The molecular formula is C34H34FN9. The van der Waals surface area contributed by atoms with E-state index >= 15 is 0 Å². The van der Waals surface area contributed by atoms with Crippen LogP contribution in [0.3, 0.4) is 0 Å². The summed E-state index contributed by atoms with van der Waals surface area (Å²) in [6.45, 7) is 5.77. The van der Waals surface area contributed by atoms with Crippen molar-refractivity contribution in [2.24, 2.45) is 5.92 Å². The van der Waals surface area contributed by atoms with E-state index in [1.807, 2.05) is 62.8 Å². The molecule has 0 aliphatic heterocycles. The van der Waals surface area contributed by atoms with Gasteiger partial charge in [0.25, 0.3) is 0 Å². The van der Waals surface area contributed by atoms with Crippen molar-refractivity contribution in [1.29, 1.82) is 0 Å². The van der Waals surface area contributed by atoms with Crippen LogP contribution in [0.25, 0.3) is 56.0 Å². The van der Waals surface area contributed by atoms with E-state index in [2.05, 4.69) is 42.3 Å². The maximum Gasteiger partial charge on any atom is 0.161 e. The number of halogens is 1. The van der Waals surface area contributed by atoms with Crippen LogP contribution in [-0.4, -0.2) is 62.2 Å². The average molecular weight is 588 g/mol. The number of anilines is 2. The molecule has 0 bridgehead atoms. The molecule has 9 nitrogen and oxygen atoms in total. The fourth-order valence-corrected chi connectivity index (χ4v) is 5.57. The summed E-state index contributed by atoms with van der Waals surface area (Å²) in [4.78, 5) is 19.9. The molecule has 6 aromatic rings. The summed E-state index contributed by atoms with van der Waals surface area (Å²) < 4.78 is 14.7. The summed E-state index contributed by atoms with van der Waals surface area (Å²) in [6.07, 6.45) is 7.24. The minimum atomic E-state index is -0.307. The highest BCUT2D eigenvalue weighted by Crippen LogP contribution is 2.35. The SMILES string of the molecule is C=C(Nc1cncc(-c2ccc3[nH]nc(-c4nc5c(-c6cc(F)cc(NCCN(C)C)c6)cccc5[nH]4)c3n2)c1)C1CCC1. The Morgan fingerprint density at radius 2 is 1.84 bits per heavy atom. The second-order valence-electron chi connectivity index (χ2n) is 11.7. The summed E-state index contributed by atoms with van der Waals surface area (Å²) in [5.74, 6) is 0.798. The van der Waals surface area contributed by atoms with Gasteiger partial charge < -0.3 is 20.5 Å².